The fraction of sp³-hybridized carbons (Fsp3) is 0.500. The molecule has 1 saturated heterocycles. The van der Waals surface area contributed by atoms with Crippen molar-refractivity contribution < 1.29 is 9.18 Å². The molecule has 26 heavy (non-hydrogen) atoms. The highest BCUT2D eigenvalue weighted by atomic mass is 19.1. The van der Waals surface area contributed by atoms with Gasteiger partial charge >= 0.3 is 0 Å². The zero-order valence-electron chi connectivity index (χ0n) is 15.4. The van der Waals surface area contributed by atoms with Crippen LogP contribution >= 0.6 is 0 Å². The summed E-state index contributed by atoms with van der Waals surface area (Å²) in [5.74, 6) is -0.627. The van der Waals surface area contributed by atoms with E-state index in [0.717, 1.165) is 38.0 Å². The summed E-state index contributed by atoms with van der Waals surface area (Å²) in [5, 5.41) is 3.71. The van der Waals surface area contributed by atoms with E-state index < -0.39 is 0 Å². The van der Waals surface area contributed by atoms with Crippen LogP contribution in [0.4, 0.5) is 10.1 Å². The Bertz CT molecular complexity index is 962. The van der Waals surface area contributed by atoms with Crippen LogP contribution in [-0.2, 0) is 0 Å². The summed E-state index contributed by atoms with van der Waals surface area (Å²) in [6.45, 7) is 7.37. The van der Waals surface area contributed by atoms with E-state index in [1.54, 1.807) is 19.2 Å². The van der Waals surface area contributed by atoms with Crippen LogP contribution in [-0.4, -0.2) is 36.0 Å². The van der Waals surface area contributed by atoms with Crippen LogP contribution in [0.5, 0.6) is 0 Å². The molecular weight excluding hydrogens is 333 g/mol. The summed E-state index contributed by atoms with van der Waals surface area (Å²) in [6.07, 6.45) is 3.71. The molecule has 4 rings (SSSR count). The van der Waals surface area contributed by atoms with E-state index >= 15 is 4.39 Å². The minimum atomic E-state index is -0.360. The lowest BCUT2D eigenvalue weighted by Gasteiger charge is -2.34. The smallest absolute Gasteiger partial charge is 0.200 e. The van der Waals surface area contributed by atoms with E-state index in [9.17, 15) is 9.59 Å². The number of carbonyl (C=O) groups excluding carboxylic acids is 1. The molecular formula is C20H24FN3O2. The molecule has 0 spiro atoms. The molecule has 1 saturated carbocycles. The largest absolute Gasteiger partial charge is 0.366 e. The highest BCUT2D eigenvalue weighted by Crippen LogP contribution is 2.39. The summed E-state index contributed by atoms with van der Waals surface area (Å²) in [7, 11) is 0. The fourth-order valence-electron chi connectivity index (χ4n) is 3.94. The fourth-order valence-corrected chi connectivity index (χ4v) is 3.94. The summed E-state index contributed by atoms with van der Waals surface area (Å²) in [6, 6.07) is 2.38. The number of rotatable bonds is 3. The minimum absolute atomic E-state index is 0.149. The number of halogens is 1. The first-order chi connectivity index (χ1) is 12.4. The maximum Gasteiger partial charge on any atom is 0.200 e. The van der Waals surface area contributed by atoms with E-state index in [2.05, 4.69) is 12.2 Å². The van der Waals surface area contributed by atoms with Gasteiger partial charge < -0.3 is 14.8 Å². The second-order valence-electron chi connectivity index (χ2n) is 7.60. The van der Waals surface area contributed by atoms with Gasteiger partial charge in [-0.1, -0.05) is 0 Å². The predicted octanol–water partition coefficient (Wildman–Crippen LogP) is 2.78. The van der Waals surface area contributed by atoms with Crippen molar-refractivity contribution in [2.75, 3.05) is 24.5 Å². The molecule has 0 amide bonds. The normalized spacial score (nSPS) is 20.6. The Hall–Kier alpha value is -2.21. The van der Waals surface area contributed by atoms with Crippen molar-refractivity contribution in [1.29, 1.82) is 0 Å². The van der Waals surface area contributed by atoms with Crippen LogP contribution in [0.1, 0.15) is 48.7 Å². The molecule has 1 N–H and O–H groups in total. The second kappa shape index (κ2) is 6.20. The van der Waals surface area contributed by atoms with Crippen LogP contribution < -0.4 is 15.6 Å². The SMILES string of the molecule is CC(=O)c1cn(C2CC2)c2cc(N3CCNC(C)C3)c(F)c(C)c2c1=O. The third kappa shape index (κ3) is 2.72. The number of carbonyl (C=O) groups is 1. The van der Waals surface area contributed by atoms with Crippen molar-refractivity contribution in [1.82, 2.24) is 9.88 Å². The molecule has 6 heteroatoms. The summed E-state index contributed by atoms with van der Waals surface area (Å²) in [4.78, 5) is 26.8. The lowest BCUT2D eigenvalue weighted by molar-refractivity contribution is 0.101. The molecule has 1 aromatic carbocycles. The quantitative estimate of drug-likeness (QED) is 0.859. The number of benzene rings is 1. The number of hydrogen-bond donors (Lipinski definition) is 1. The first-order valence-corrected chi connectivity index (χ1v) is 9.25. The molecule has 2 aromatic rings. The van der Waals surface area contributed by atoms with E-state index in [1.807, 2.05) is 9.47 Å². The molecule has 0 radical (unpaired) electrons. The van der Waals surface area contributed by atoms with Gasteiger partial charge in [-0.2, -0.15) is 0 Å². The lowest BCUT2D eigenvalue weighted by Crippen LogP contribution is -2.49. The molecule has 5 nitrogen and oxygen atoms in total. The zero-order chi connectivity index (χ0) is 18.6. The number of aromatic nitrogens is 1. The molecule has 138 valence electrons. The van der Waals surface area contributed by atoms with Crippen LogP contribution in [0.2, 0.25) is 0 Å². The molecule has 2 aliphatic rings. The number of pyridine rings is 1. The number of piperazine rings is 1. The van der Waals surface area contributed by atoms with Crippen LogP contribution in [0.25, 0.3) is 10.9 Å². The van der Waals surface area contributed by atoms with Gasteiger partial charge in [0.1, 0.15) is 5.82 Å². The zero-order valence-corrected chi connectivity index (χ0v) is 15.4. The molecule has 2 heterocycles. The number of nitrogens with one attached hydrogen (secondary N) is 1. The van der Waals surface area contributed by atoms with E-state index in [1.165, 1.54) is 6.92 Å². The Balaban J connectivity index is 1.99. The number of nitrogens with zero attached hydrogens (tertiary/aromatic N) is 2. The van der Waals surface area contributed by atoms with E-state index in [4.69, 9.17) is 0 Å². The Morgan fingerprint density at radius 2 is 2.08 bits per heavy atom. The molecule has 1 aliphatic heterocycles. The van der Waals surface area contributed by atoms with Gasteiger partial charge in [-0.3, -0.25) is 9.59 Å². The van der Waals surface area contributed by atoms with Crippen molar-refractivity contribution in [3.63, 3.8) is 0 Å². The van der Waals surface area contributed by atoms with Crippen molar-refractivity contribution >= 4 is 22.4 Å². The van der Waals surface area contributed by atoms with Crippen molar-refractivity contribution in [3.05, 3.63) is 39.4 Å². The first-order valence-electron chi connectivity index (χ1n) is 9.25. The Morgan fingerprint density at radius 3 is 2.69 bits per heavy atom. The maximum atomic E-state index is 15.2. The third-order valence-corrected chi connectivity index (χ3v) is 5.51. The van der Waals surface area contributed by atoms with Gasteiger partial charge in [-0.15, -0.1) is 0 Å². The van der Waals surface area contributed by atoms with Gasteiger partial charge in [0.2, 0.25) is 5.43 Å². The molecule has 1 aromatic heterocycles. The first kappa shape index (κ1) is 17.2. The topological polar surface area (TPSA) is 54.3 Å². The van der Waals surface area contributed by atoms with Gasteiger partial charge in [0.25, 0.3) is 0 Å². The van der Waals surface area contributed by atoms with Crippen LogP contribution in [0.3, 0.4) is 0 Å². The highest BCUT2D eigenvalue weighted by Gasteiger charge is 2.29. The highest BCUT2D eigenvalue weighted by molar-refractivity contribution is 5.98. The number of Topliss-reactive ketones (excluding diaryl/α,β-unsaturated/α-hetero) is 1. The van der Waals surface area contributed by atoms with Crippen LogP contribution in [0, 0.1) is 12.7 Å². The minimum Gasteiger partial charge on any atom is -0.366 e. The predicted molar refractivity (Wildman–Crippen MR) is 101 cm³/mol. The Labute approximate surface area is 151 Å². The lowest BCUT2D eigenvalue weighted by atomic mass is 10.0. The maximum absolute atomic E-state index is 15.2. The van der Waals surface area contributed by atoms with E-state index in [0.29, 0.717) is 16.6 Å². The van der Waals surface area contributed by atoms with Gasteiger partial charge in [0.15, 0.2) is 5.78 Å². The number of aryl methyl sites for hydroxylation is 1. The van der Waals surface area contributed by atoms with Gasteiger partial charge in [-0.05, 0) is 39.7 Å². The number of fused-ring (bicyclic) bond motifs is 1. The standard InChI is InChI=1S/C20H24FN3O2/c1-11-9-23(7-6-22-11)17-8-16-18(12(2)19(17)21)20(26)15(13(3)25)10-24(16)14-4-5-14/h8,10-11,14,22H,4-7,9H2,1-3H3. The van der Waals surface area contributed by atoms with Gasteiger partial charge in [0, 0.05) is 43.5 Å². The summed E-state index contributed by atoms with van der Waals surface area (Å²) < 4.78 is 17.2. The van der Waals surface area contributed by atoms with Gasteiger partial charge in [0.05, 0.1) is 22.2 Å². The number of ketones is 1. The Kier molecular flexibility index (Phi) is 4.10. The van der Waals surface area contributed by atoms with Crippen molar-refractivity contribution in [3.8, 4) is 0 Å². The average molecular weight is 357 g/mol. The molecule has 1 atom stereocenters. The number of anilines is 1. The Morgan fingerprint density at radius 1 is 1.35 bits per heavy atom. The number of hydrogen-bond acceptors (Lipinski definition) is 4. The summed E-state index contributed by atoms with van der Waals surface area (Å²) in [5.41, 5.74) is 1.41. The van der Waals surface area contributed by atoms with Crippen LogP contribution in [0.15, 0.2) is 17.1 Å². The van der Waals surface area contributed by atoms with Crippen molar-refractivity contribution in [2.45, 2.75) is 45.7 Å². The summed E-state index contributed by atoms with van der Waals surface area (Å²) >= 11 is 0. The molecule has 2 fully saturated rings. The molecule has 1 aliphatic carbocycles. The molecule has 1 unspecified atom stereocenters. The third-order valence-electron chi connectivity index (χ3n) is 5.51. The van der Waals surface area contributed by atoms with E-state index in [-0.39, 0.29) is 34.7 Å². The second-order valence-corrected chi connectivity index (χ2v) is 7.60. The van der Waals surface area contributed by atoms with Crippen molar-refractivity contribution in [2.24, 2.45) is 0 Å². The molecule has 0 bridgehead atoms. The monoisotopic (exact) mass is 357 g/mol. The van der Waals surface area contributed by atoms with Gasteiger partial charge in [-0.25, -0.2) is 4.39 Å². The average Bonchev–Trinajstić information content (AvgIpc) is 3.42.